The largest absolute Gasteiger partial charge is 0.354 e. The zero-order chi connectivity index (χ0) is 19.4. The van der Waals surface area contributed by atoms with Gasteiger partial charge in [-0.3, -0.25) is 4.79 Å². The highest BCUT2D eigenvalue weighted by molar-refractivity contribution is 7.89. The molecule has 0 saturated carbocycles. The Kier molecular flexibility index (Phi) is 5.73. The van der Waals surface area contributed by atoms with Crippen molar-refractivity contribution in [2.24, 2.45) is 0 Å². The third-order valence-corrected chi connectivity index (χ3v) is 5.96. The molecule has 0 unspecified atom stereocenters. The van der Waals surface area contributed by atoms with Gasteiger partial charge >= 0.3 is 0 Å². The first kappa shape index (κ1) is 19.3. The SMILES string of the molecule is CNS(=O)(=O)c1ccc(C(=O)Nc2ccc(N3CCN(C)CC3)nc2)cc1. The molecule has 0 radical (unpaired) electrons. The fourth-order valence-electron chi connectivity index (χ4n) is 2.79. The van der Waals surface area contributed by atoms with Crippen LogP contribution in [0, 0.1) is 0 Å². The third kappa shape index (κ3) is 4.62. The summed E-state index contributed by atoms with van der Waals surface area (Å²) in [6.07, 6.45) is 1.63. The Bertz CT molecular complexity index is 890. The Morgan fingerprint density at radius 2 is 1.70 bits per heavy atom. The molecule has 0 spiro atoms. The maximum Gasteiger partial charge on any atom is 0.255 e. The number of amides is 1. The molecule has 1 aromatic carbocycles. The number of pyridine rings is 1. The second-order valence-corrected chi connectivity index (χ2v) is 8.27. The number of anilines is 2. The van der Waals surface area contributed by atoms with Gasteiger partial charge in [0, 0.05) is 31.7 Å². The van der Waals surface area contributed by atoms with Crippen LogP contribution in [0.15, 0.2) is 47.5 Å². The van der Waals surface area contributed by atoms with Gasteiger partial charge in [-0.25, -0.2) is 18.1 Å². The highest BCUT2D eigenvalue weighted by Gasteiger charge is 2.16. The summed E-state index contributed by atoms with van der Waals surface area (Å²) in [7, 11) is -0.0746. The monoisotopic (exact) mass is 389 g/mol. The average Bonchev–Trinajstić information content (AvgIpc) is 2.69. The van der Waals surface area contributed by atoms with E-state index in [-0.39, 0.29) is 10.8 Å². The molecule has 9 heteroatoms. The van der Waals surface area contributed by atoms with E-state index in [2.05, 4.69) is 31.9 Å². The van der Waals surface area contributed by atoms with Gasteiger partial charge in [0.05, 0.1) is 16.8 Å². The summed E-state index contributed by atoms with van der Waals surface area (Å²) in [5, 5.41) is 2.77. The summed E-state index contributed by atoms with van der Waals surface area (Å²) < 4.78 is 25.7. The van der Waals surface area contributed by atoms with Crippen molar-refractivity contribution in [1.29, 1.82) is 0 Å². The van der Waals surface area contributed by atoms with Gasteiger partial charge in [-0.05, 0) is 50.5 Å². The van der Waals surface area contributed by atoms with Crippen LogP contribution in [0.1, 0.15) is 10.4 Å². The minimum atomic E-state index is -3.52. The van der Waals surface area contributed by atoms with Gasteiger partial charge in [-0.15, -0.1) is 0 Å². The van der Waals surface area contributed by atoms with E-state index in [1.54, 1.807) is 6.20 Å². The molecule has 27 heavy (non-hydrogen) atoms. The molecule has 1 aromatic heterocycles. The van der Waals surface area contributed by atoms with E-state index in [0.717, 1.165) is 32.0 Å². The maximum atomic E-state index is 12.3. The first-order valence-electron chi connectivity index (χ1n) is 8.63. The number of likely N-dealkylation sites (N-methyl/N-ethyl adjacent to an activating group) is 1. The van der Waals surface area contributed by atoms with Crippen LogP contribution in [-0.4, -0.2) is 64.5 Å². The number of benzene rings is 1. The molecule has 144 valence electrons. The van der Waals surface area contributed by atoms with Crippen molar-refractivity contribution in [3.05, 3.63) is 48.2 Å². The van der Waals surface area contributed by atoms with Crippen molar-refractivity contribution >= 4 is 27.4 Å². The number of hydrogen-bond donors (Lipinski definition) is 2. The molecule has 2 heterocycles. The van der Waals surface area contributed by atoms with Gasteiger partial charge in [0.1, 0.15) is 5.82 Å². The van der Waals surface area contributed by atoms with Crippen molar-refractivity contribution in [3.8, 4) is 0 Å². The first-order valence-corrected chi connectivity index (χ1v) is 10.1. The minimum absolute atomic E-state index is 0.111. The second kappa shape index (κ2) is 8.03. The fourth-order valence-corrected chi connectivity index (χ4v) is 3.52. The highest BCUT2D eigenvalue weighted by atomic mass is 32.2. The summed E-state index contributed by atoms with van der Waals surface area (Å²) >= 11 is 0. The summed E-state index contributed by atoms with van der Waals surface area (Å²) in [6, 6.07) is 9.46. The number of nitrogens with zero attached hydrogens (tertiary/aromatic N) is 3. The predicted molar refractivity (Wildman–Crippen MR) is 105 cm³/mol. The zero-order valence-electron chi connectivity index (χ0n) is 15.3. The van der Waals surface area contributed by atoms with Gasteiger partial charge in [-0.2, -0.15) is 0 Å². The van der Waals surface area contributed by atoms with E-state index >= 15 is 0 Å². The van der Waals surface area contributed by atoms with Gasteiger partial charge in [-0.1, -0.05) is 0 Å². The number of rotatable bonds is 5. The molecule has 1 fully saturated rings. The van der Waals surface area contributed by atoms with E-state index in [1.807, 2.05) is 12.1 Å². The van der Waals surface area contributed by atoms with E-state index < -0.39 is 10.0 Å². The summed E-state index contributed by atoms with van der Waals surface area (Å²) in [4.78, 5) is 21.4. The number of sulfonamides is 1. The van der Waals surface area contributed by atoms with E-state index in [1.165, 1.54) is 31.3 Å². The zero-order valence-corrected chi connectivity index (χ0v) is 16.2. The van der Waals surface area contributed by atoms with Crippen LogP contribution in [0.25, 0.3) is 0 Å². The molecule has 1 amide bonds. The van der Waals surface area contributed by atoms with Gasteiger partial charge in [0.15, 0.2) is 0 Å². The van der Waals surface area contributed by atoms with Crippen LogP contribution in [0.3, 0.4) is 0 Å². The number of carbonyl (C=O) groups is 1. The minimum Gasteiger partial charge on any atom is -0.354 e. The number of aromatic nitrogens is 1. The fraction of sp³-hybridized carbons (Fsp3) is 0.333. The van der Waals surface area contributed by atoms with Crippen molar-refractivity contribution in [1.82, 2.24) is 14.6 Å². The van der Waals surface area contributed by atoms with Crippen molar-refractivity contribution in [2.45, 2.75) is 4.90 Å². The summed E-state index contributed by atoms with van der Waals surface area (Å²) in [6.45, 7) is 3.85. The normalized spacial score (nSPS) is 15.6. The molecule has 3 rings (SSSR count). The first-order chi connectivity index (χ1) is 12.9. The van der Waals surface area contributed by atoms with Gasteiger partial charge in [0.2, 0.25) is 10.0 Å². The number of carbonyl (C=O) groups excluding carboxylic acids is 1. The topological polar surface area (TPSA) is 94.6 Å². The lowest BCUT2D eigenvalue weighted by Crippen LogP contribution is -2.44. The second-order valence-electron chi connectivity index (χ2n) is 6.38. The van der Waals surface area contributed by atoms with Crippen LogP contribution in [-0.2, 0) is 10.0 Å². The van der Waals surface area contributed by atoms with Crippen LogP contribution in [0.2, 0.25) is 0 Å². The van der Waals surface area contributed by atoms with Gasteiger partial charge in [0.25, 0.3) is 5.91 Å². The molecule has 1 aliphatic heterocycles. The number of piperazine rings is 1. The summed E-state index contributed by atoms with van der Waals surface area (Å²) in [5.41, 5.74) is 0.956. The lowest BCUT2D eigenvalue weighted by Gasteiger charge is -2.33. The standard InChI is InChI=1S/C18H23N5O3S/c1-19-27(25,26)16-6-3-14(4-7-16)18(24)21-15-5-8-17(20-13-15)23-11-9-22(2)10-12-23/h3-8,13,19H,9-12H2,1-2H3,(H,21,24). The number of hydrogen-bond acceptors (Lipinski definition) is 6. The van der Waals surface area contributed by atoms with Crippen molar-refractivity contribution in [3.63, 3.8) is 0 Å². The quantitative estimate of drug-likeness (QED) is 0.792. The maximum absolute atomic E-state index is 12.3. The van der Waals surface area contributed by atoms with Crippen LogP contribution >= 0.6 is 0 Å². The molecule has 2 N–H and O–H groups in total. The van der Waals surface area contributed by atoms with Gasteiger partial charge < -0.3 is 15.1 Å². The Morgan fingerprint density at radius 1 is 1.04 bits per heavy atom. The molecule has 8 nitrogen and oxygen atoms in total. The number of nitrogens with one attached hydrogen (secondary N) is 2. The van der Waals surface area contributed by atoms with E-state index in [0.29, 0.717) is 11.3 Å². The van der Waals surface area contributed by atoms with E-state index in [4.69, 9.17) is 0 Å². The lowest BCUT2D eigenvalue weighted by atomic mass is 10.2. The predicted octanol–water partition coefficient (Wildman–Crippen LogP) is 0.994. The molecule has 1 aliphatic rings. The third-order valence-electron chi connectivity index (χ3n) is 4.53. The van der Waals surface area contributed by atoms with Crippen molar-refractivity contribution in [2.75, 3.05) is 50.5 Å². The highest BCUT2D eigenvalue weighted by Crippen LogP contribution is 2.17. The lowest BCUT2D eigenvalue weighted by molar-refractivity contribution is 0.102. The smallest absolute Gasteiger partial charge is 0.255 e. The van der Waals surface area contributed by atoms with Crippen LogP contribution < -0.4 is 14.9 Å². The Labute approximate surface area is 159 Å². The molecule has 1 saturated heterocycles. The molecule has 0 bridgehead atoms. The summed E-state index contributed by atoms with van der Waals surface area (Å²) in [5.74, 6) is 0.570. The molecule has 2 aromatic rings. The molecule has 0 aliphatic carbocycles. The Balaban J connectivity index is 1.64. The van der Waals surface area contributed by atoms with Crippen molar-refractivity contribution < 1.29 is 13.2 Å². The molecule has 0 atom stereocenters. The van der Waals surface area contributed by atoms with Crippen LogP contribution in [0.5, 0.6) is 0 Å². The van der Waals surface area contributed by atoms with Crippen LogP contribution in [0.4, 0.5) is 11.5 Å². The Hall–Kier alpha value is -2.49. The average molecular weight is 389 g/mol. The Morgan fingerprint density at radius 3 is 2.26 bits per heavy atom. The molecular formula is C18H23N5O3S. The molecular weight excluding hydrogens is 366 g/mol. The van der Waals surface area contributed by atoms with E-state index in [9.17, 15) is 13.2 Å².